The number of anilines is 1. The molecular weight excluding hydrogens is 429 g/mol. The summed E-state index contributed by atoms with van der Waals surface area (Å²) in [7, 11) is 0. The Labute approximate surface area is 182 Å². The number of hydrogen-bond donors (Lipinski definition) is 2. The Kier molecular flexibility index (Phi) is 9.32. The number of benzene rings is 1. The zero-order chi connectivity index (χ0) is 22.1. The number of rotatable bonds is 12. The molecule has 6 nitrogen and oxygen atoms in total. The molecule has 162 valence electrons. The molecule has 9 heteroatoms. The van der Waals surface area contributed by atoms with Crippen LogP contribution >= 0.6 is 23.1 Å². The van der Waals surface area contributed by atoms with E-state index in [-0.39, 0.29) is 29.8 Å². The predicted octanol–water partition coefficient (Wildman–Crippen LogP) is 4.63. The second-order valence-corrected chi connectivity index (χ2v) is 8.85. The van der Waals surface area contributed by atoms with Crippen LogP contribution in [0.1, 0.15) is 41.1 Å². The second kappa shape index (κ2) is 11.7. The molecule has 2 aromatic rings. The summed E-state index contributed by atoms with van der Waals surface area (Å²) in [6, 6.07) is 7.94. The van der Waals surface area contributed by atoms with Gasteiger partial charge < -0.3 is 15.2 Å². The van der Waals surface area contributed by atoms with Crippen molar-refractivity contribution >= 4 is 45.8 Å². The highest BCUT2D eigenvalue weighted by Gasteiger charge is 2.20. The minimum absolute atomic E-state index is 0.00200. The van der Waals surface area contributed by atoms with Crippen LogP contribution in [-0.4, -0.2) is 41.1 Å². The number of nitrogens with one attached hydrogen (secondary N) is 1. The fraction of sp³-hybridized carbons (Fsp3) is 0.381. The van der Waals surface area contributed by atoms with E-state index in [9.17, 15) is 18.8 Å². The summed E-state index contributed by atoms with van der Waals surface area (Å²) in [6.45, 7) is 2.91. The molecular formula is C21H24FNO5S2. The first-order chi connectivity index (χ1) is 14.3. The number of aryl methyl sites for hydroxylation is 1. The molecule has 2 N–H and O–H groups in total. The van der Waals surface area contributed by atoms with Gasteiger partial charge in [-0.05, 0) is 48.4 Å². The van der Waals surface area contributed by atoms with E-state index >= 15 is 0 Å². The highest BCUT2D eigenvalue weighted by atomic mass is 32.2. The Morgan fingerprint density at radius 3 is 2.57 bits per heavy atom. The molecule has 1 amide bonds. The molecule has 0 radical (unpaired) electrons. The highest BCUT2D eigenvalue weighted by Crippen LogP contribution is 2.31. The van der Waals surface area contributed by atoms with Crippen LogP contribution in [-0.2, 0) is 16.0 Å². The van der Waals surface area contributed by atoms with E-state index in [1.165, 1.54) is 35.2 Å². The van der Waals surface area contributed by atoms with Crippen molar-refractivity contribution in [3.63, 3.8) is 0 Å². The first kappa shape index (κ1) is 23.9. The van der Waals surface area contributed by atoms with Gasteiger partial charge in [0.15, 0.2) is 5.78 Å². The largest absolute Gasteiger partial charge is 0.481 e. The third-order valence-corrected chi connectivity index (χ3v) is 6.58. The van der Waals surface area contributed by atoms with Gasteiger partial charge in [0, 0.05) is 16.9 Å². The van der Waals surface area contributed by atoms with Crippen LogP contribution in [0.15, 0.2) is 30.3 Å². The van der Waals surface area contributed by atoms with E-state index in [0.29, 0.717) is 27.6 Å². The Hall–Kier alpha value is -2.39. The molecule has 0 aliphatic carbocycles. The van der Waals surface area contributed by atoms with E-state index in [2.05, 4.69) is 5.32 Å². The lowest BCUT2D eigenvalue weighted by Gasteiger charge is -2.11. The summed E-state index contributed by atoms with van der Waals surface area (Å²) in [5.41, 5.74) is 0.827. The van der Waals surface area contributed by atoms with Gasteiger partial charge in [0.2, 0.25) is 12.8 Å². The number of alkyl halides is 1. The maximum atomic E-state index is 13.0. The number of thioether (sulfide) groups is 1. The smallest absolute Gasteiger partial charge is 0.313 e. The standard InChI is InChI=1S/C21H24FNO5S2/c1-3-16-9-17(20(27)14-4-6-15(7-5-14)28-12-22)21(30-16)23-18(24)8-13(2)10-29-11-19(25)26/h4-7,9,13H,3,8,10-12H2,1-2H3,(H,23,24)(H,25,26). The molecule has 1 heterocycles. The van der Waals surface area contributed by atoms with Crippen LogP contribution in [0, 0.1) is 5.92 Å². The third kappa shape index (κ3) is 7.14. The quantitative estimate of drug-likeness (QED) is 0.455. The zero-order valence-corrected chi connectivity index (χ0v) is 18.4. The van der Waals surface area contributed by atoms with Crippen molar-refractivity contribution < 1.29 is 28.6 Å². The van der Waals surface area contributed by atoms with E-state index in [4.69, 9.17) is 9.84 Å². The van der Waals surface area contributed by atoms with Crippen molar-refractivity contribution in [3.05, 3.63) is 46.3 Å². The van der Waals surface area contributed by atoms with Gasteiger partial charge in [0.25, 0.3) is 0 Å². The average Bonchev–Trinajstić information content (AvgIpc) is 3.10. The van der Waals surface area contributed by atoms with Gasteiger partial charge in [-0.15, -0.1) is 23.1 Å². The number of hydrogen-bond acceptors (Lipinski definition) is 6. The normalized spacial score (nSPS) is 11.7. The van der Waals surface area contributed by atoms with E-state index in [1.54, 1.807) is 18.2 Å². The number of carboxylic acid groups (broad SMARTS) is 1. The number of aliphatic carboxylic acids is 1. The first-order valence-corrected chi connectivity index (χ1v) is 11.4. The SMILES string of the molecule is CCc1cc(C(=O)c2ccc(OCF)cc2)c(NC(=O)CC(C)CSCC(=O)O)s1. The molecule has 1 unspecified atom stereocenters. The maximum absolute atomic E-state index is 13.0. The lowest BCUT2D eigenvalue weighted by atomic mass is 10.0. The average molecular weight is 454 g/mol. The summed E-state index contributed by atoms with van der Waals surface area (Å²) in [5, 5.41) is 12.0. The summed E-state index contributed by atoms with van der Waals surface area (Å²) < 4.78 is 17.0. The van der Waals surface area contributed by atoms with Gasteiger partial charge >= 0.3 is 5.97 Å². The fourth-order valence-corrected chi connectivity index (χ4v) is 4.52. The minimum atomic E-state index is -0.943. The molecule has 1 atom stereocenters. The number of ether oxygens (including phenoxy) is 1. The van der Waals surface area contributed by atoms with E-state index in [1.807, 2.05) is 13.8 Å². The Morgan fingerprint density at radius 1 is 1.27 bits per heavy atom. The number of halogens is 1. The van der Waals surface area contributed by atoms with Gasteiger partial charge in [-0.1, -0.05) is 13.8 Å². The molecule has 30 heavy (non-hydrogen) atoms. The third-order valence-electron chi connectivity index (χ3n) is 4.13. The molecule has 0 bridgehead atoms. The van der Waals surface area contributed by atoms with Crippen LogP contribution in [0.2, 0.25) is 0 Å². The summed E-state index contributed by atoms with van der Waals surface area (Å²) in [4.78, 5) is 37.0. The molecule has 0 aliphatic heterocycles. The second-order valence-electron chi connectivity index (χ2n) is 6.68. The van der Waals surface area contributed by atoms with Crippen LogP contribution < -0.4 is 10.1 Å². The Bertz CT molecular complexity index is 882. The van der Waals surface area contributed by atoms with Crippen LogP contribution in [0.3, 0.4) is 0 Å². The number of carbonyl (C=O) groups excluding carboxylic acids is 2. The van der Waals surface area contributed by atoms with Crippen molar-refractivity contribution in [2.24, 2.45) is 5.92 Å². The molecule has 0 saturated carbocycles. The summed E-state index contributed by atoms with van der Waals surface area (Å²) >= 11 is 2.63. The maximum Gasteiger partial charge on any atom is 0.313 e. The number of amides is 1. The number of carboxylic acids is 1. The van der Waals surface area contributed by atoms with Crippen LogP contribution in [0.4, 0.5) is 9.39 Å². The first-order valence-electron chi connectivity index (χ1n) is 9.39. The van der Waals surface area contributed by atoms with Crippen LogP contribution in [0.5, 0.6) is 5.75 Å². The molecule has 1 aromatic heterocycles. The van der Waals surface area contributed by atoms with Crippen molar-refractivity contribution in [2.45, 2.75) is 26.7 Å². The van der Waals surface area contributed by atoms with Crippen molar-refractivity contribution in [3.8, 4) is 5.75 Å². The zero-order valence-electron chi connectivity index (χ0n) is 16.8. The molecule has 2 rings (SSSR count). The highest BCUT2D eigenvalue weighted by molar-refractivity contribution is 7.99. The van der Waals surface area contributed by atoms with Crippen molar-refractivity contribution in [1.82, 2.24) is 0 Å². The molecule has 0 spiro atoms. The lowest BCUT2D eigenvalue weighted by Crippen LogP contribution is -2.17. The summed E-state index contributed by atoms with van der Waals surface area (Å²) in [5.74, 6) is -0.441. The topological polar surface area (TPSA) is 92.7 Å². The van der Waals surface area contributed by atoms with Gasteiger partial charge in [0.1, 0.15) is 10.8 Å². The molecule has 0 fully saturated rings. The van der Waals surface area contributed by atoms with Gasteiger partial charge in [-0.3, -0.25) is 14.4 Å². The molecule has 0 saturated heterocycles. The molecule has 1 aromatic carbocycles. The lowest BCUT2D eigenvalue weighted by molar-refractivity contribution is -0.133. The fourth-order valence-electron chi connectivity index (χ4n) is 2.70. The Balaban J connectivity index is 2.08. The predicted molar refractivity (Wildman–Crippen MR) is 118 cm³/mol. The number of thiophene rings is 1. The monoisotopic (exact) mass is 453 g/mol. The minimum Gasteiger partial charge on any atom is -0.481 e. The van der Waals surface area contributed by atoms with Crippen molar-refractivity contribution in [1.29, 1.82) is 0 Å². The number of ketones is 1. The van der Waals surface area contributed by atoms with Gasteiger partial charge in [-0.25, -0.2) is 4.39 Å². The van der Waals surface area contributed by atoms with Gasteiger partial charge in [0.05, 0.1) is 11.3 Å². The van der Waals surface area contributed by atoms with Crippen LogP contribution in [0.25, 0.3) is 0 Å². The summed E-state index contributed by atoms with van der Waals surface area (Å²) in [6.07, 6.45) is 0.960. The number of carbonyl (C=O) groups is 3. The Morgan fingerprint density at radius 2 is 1.97 bits per heavy atom. The van der Waals surface area contributed by atoms with E-state index in [0.717, 1.165) is 11.3 Å². The van der Waals surface area contributed by atoms with E-state index < -0.39 is 12.8 Å². The molecule has 0 aliphatic rings. The van der Waals surface area contributed by atoms with Crippen molar-refractivity contribution in [2.75, 3.05) is 23.7 Å². The van der Waals surface area contributed by atoms with Gasteiger partial charge in [-0.2, -0.15) is 0 Å².